The van der Waals surface area contributed by atoms with Crippen molar-refractivity contribution in [1.29, 1.82) is 0 Å². The monoisotopic (exact) mass is 205 g/mol. The lowest BCUT2D eigenvalue weighted by molar-refractivity contribution is -0.121. The fourth-order valence-electron chi connectivity index (χ4n) is 1.56. The van der Waals surface area contributed by atoms with E-state index in [-0.39, 0.29) is 11.8 Å². The zero-order valence-corrected chi connectivity index (χ0v) is 9.66. The number of Topliss-reactive ketones (excluding diaryl/α,β-unsaturated/α-hetero) is 1. The summed E-state index contributed by atoms with van der Waals surface area (Å²) in [4.78, 5) is 11.8. The molecule has 0 spiro atoms. The van der Waals surface area contributed by atoms with E-state index in [9.17, 15) is 4.79 Å². The van der Waals surface area contributed by atoms with E-state index in [1.165, 1.54) is 0 Å². The highest BCUT2D eigenvalue weighted by Gasteiger charge is 2.18. The van der Waals surface area contributed by atoms with E-state index in [0.29, 0.717) is 12.5 Å². The Kier molecular flexibility index (Phi) is 4.50. The number of ketones is 1. The van der Waals surface area contributed by atoms with Crippen LogP contribution >= 0.6 is 0 Å². The number of benzene rings is 1. The van der Waals surface area contributed by atoms with Crippen LogP contribution in [0.15, 0.2) is 30.3 Å². The minimum atomic E-state index is -0.156. The minimum Gasteiger partial charge on any atom is -0.302 e. The SMILES string of the molecule is CCC(=O)C(NC(C)C)c1ccccc1. The van der Waals surface area contributed by atoms with Crippen LogP contribution in [0, 0.1) is 0 Å². The van der Waals surface area contributed by atoms with Crippen LogP contribution in [-0.2, 0) is 4.79 Å². The lowest BCUT2D eigenvalue weighted by Gasteiger charge is -2.19. The summed E-state index contributed by atoms with van der Waals surface area (Å²) in [5.74, 6) is 0.245. The molecule has 0 saturated carbocycles. The Morgan fingerprint density at radius 3 is 2.33 bits per heavy atom. The molecule has 2 nitrogen and oxygen atoms in total. The van der Waals surface area contributed by atoms with Gasteiger partial charge in [-0.15, -0.1) is 0 Å². The maximum Gasteiger partial charge on any atom is 0.154 e. The predicted molar refractivity (Wildman–Crippen MR) is 62.8 cm³/mol. The van der Waals surface area contributed by atoms with Crippen molar-refractivity contribution in [2.24, 2.45) is 0 Å². The Bertz CT molecular complexity index is 306. The molecule has 82 valence electrons. The fourth-order valence-corrected chi connectivity index (χ4v) is 1.56. The zero-order valence-electron chi connectivity index (χ0n) is 9.66. The minimum absolute atomic E-state index is 0.156. The summed E-state index contributed by atoms with van der Waals surface area (Å²) in [6, 6.07) is 10.0. The topological polar surface area (TPSA) is 29.1 Å². The van der Waals surface area contributed by atoms with E-state index in [4.69, 9.17) is 0 Å². The van der Waals surface area contributed by atoms with Crippen LogP contribution in [0.1, 0.15) is 38.8 Å². The third-order valence-electron chi connectivity index (χ3n) is 2.30. The summed E-state index contributed by atoms with van der Waals surface area (Å²) < 4.78 is 0. The smallest absolute Gasteiger partial charge is 0.154 e. The molecule has 1 rings (SSSR count). The van der Waals surface area contributed by atoms with Crippen molar-refractivity contribution in [3.63, 3.8) is 0 Å². The van der Waals surface area contributed by atoms with Crippen LogP contribution in [-0.4, -0.2) is 11.8 Å². The average Bonchev–Trinajstić information content (AvgIpc) is 2.26. The van der Waals surface area contributed by atoms with Gasteiger partial charge in [-0.2, -0.15) is 0 Å². The zero-order chi connectivity index (χ0) is 11.3. The van der Waals surface area contributed by atoms with Crippen molar-refractivity contribution in [1.82, 2.24) is 5.32 Å². The van der Waals surface area contributed by atoms with E-state index in [1.807, 2.05) is 37.3 Å². The van der Waals surface area contributed by atoms with Crippen molar-refractivity contribution in [3.05, 3.63) is 35.9 Å². The summed E-state index contributed by atoms with van der Waals surface area (Å²) in [5, 5.41) is 3.30. The van der Waals surface area contributed by atoms with Gasteiger partial charge in [-0.3, -0.25) is 4.79 Å². The summed E-state index contributed by atoms with van der Waals surface area (Å²) in [6.07, 6.45) is 0.569. The first kappa shape index (κ1) is 11.9. The first-order valence-electron chi connectivity index (χ1n) is 5.48. The van der Waals surface area contributed by atoms with Crippen LogP contribution in [0.4, 0.5) is 0 Å². The van der Waals surface area contributed by atoms with Gasteiger partial charge < -0.3 is 5.32 Å². The highest BCUT2D eigenvalue weighted by atomic mass is 16.1. The molecule has 0 fully saturated rings. The predicted octanol–water partition coefficient (Wildman–Crippen LogP) is 2.70. The molecular weight excluding hydrogens is 186 g/mol. The second-order valence-electron chi connectivity index (χ2n) is 3.98. The van der Waals surface area contributed by atoms with Gasteiger partial charge in [-0.05, 0) is 19.4 Å². The van der Waals surface area contributed by atoms with Gasteiger partial charge in [0.05, 0.1) is 6.04 Å². The molecule has 0 aliphatic heterocycles. The van der Waals surface area contributed by atoms with E-state index in [0.717, 1.165) is 5.56 Å². The van der Waals surface area contributed by atoms with Crippen LogP contribution in [0.25, 0.3) is 0 Å². The average molecular weight is 205 g/mol. The molecule has 0 aliphatic carbocycles. The molecular formula is C13H19NO. The molecule has 0 saturated heterocycles. The number of hydrogen-bond donors (Lipinski definition) is 1. The molecule has 1 unspecified atom stereocenters. The highest BCUT2D eigenvalue weighted by Crippen LogP contribution is 2.15. The van der Waals surface area contributed by atoms with Crippen LogP contribution in [0.5, 0.6) is 0 Å². The lowest BCUT2D eigenvalue weighted by Crippen LogP contribution is -2.33. The molecule has 0 radical (unpaired) electrons. The summed E-state index contributed by atoms with van der Waals surface area (Å²) >= 11 is 0. The third kappa shape index (κ3) is 3.48. The molecule has 0 heterocycles. The van der Waals surface area contributed by atoms with E-state index in [1.54, 1.807) is 0 Å². The standard InChI is InChI=1S/C13H19NO/c1-4-12(15)13(14-10(2)3)11-8-6-5-7-9-11/h5-10,13-14H,4H2,1-3H3. The molecule has 2 heteroatoms. The van der Waals surface area contributed by atoms with Crippen molar-refractivity contribution in [3.8, 4) is 0 Å². The maximum atomic E-state index is 11.8. The largest absolute Gasteiger partial charge is 0.302 e. The van der Waals surface area contributed by atoms with Gasteiger partial charge in [-0.1, -0.05) is 37.3 Å². The molecule has 0 bridgehead atoms. The van der Waals surface area contributed by atoms with E-state index >= 15 is 0 Å². The molecule has 15 heavy (non-hydrogen) atoms. The molecule has 1 N–H and O–H groups in total. The Morgan fingerprint density at radius 1 is 1.27 bits per heavy atom. The van der Waals surface area contributed by atoms with Crippen molar-refractivity contribution < 1.29 is 4.79 Å². The second-order valence-corrected chi connectivity index (χ2v) is 3.98. The van der Waals surface area contributed by atoms with Gasteiger partial charge in [0.2, 0.25) is 0 Å². The highest BCUT2D eigenvalue weighted by molar-refractivity contribution is 5.85. The van der Waals surface area contributed by atoms with Gasteiger partial charge >= 0.3 is 0 Å². The van der Waals surface area contributed by atoms with Crippen molar-refractivity contribution >= 4 is 5.78 Å². The molecule has 0 aliphatic rings. The van der Waals surface area contributed by atoms with Crippen LogP contribution in [0.3, 0.4) is 0 Å². The van der Waals surface area contributed by atoms with Crippen LogP contribution < -0.4 is 5.32 Å². The Morgan fingerprint density at radius 2 is 1.87 bits per heavy atom. The number of carbonyl (C=O) groups is 1. The summed E-state index contributed by atoms with van der Waals surface area (Å²) in [6.45, 7) is 6.01. The van der Waals surface area contributed by atoms with Gasteiger partial charge in [0.1, 0.15) is 0 Å². The third-order valence-corrected chi connectivity index (χ3v) is 2.30. The Labute approximate surface area is 91.7 Å². The molecule has 0 aromatic heterocycles. The molecule has 1 atom stereocenters. The van der Waals surface area contributed by atoms with Crippen molar-refractivity contribution in [2.75, 3.05) is 0 Å². The normalized spacial score (nSPS) is 12.8. The van der Waals surface area contributed by atoms with Crippen molar-refractivity contribution in [2.45, 2.75) is 39.3 Å². The quantitative estimate of drug-likeness (QED) is 0.800. The van der Waals surface area contributed by atoms with Gasteiger partial charge in [0.25, 0.3) is 0 Å². The molecule has 1 aromatic rings. The van der Waals surface area contributed by atoms with Gasteiger partial charge in [-0.25, -0.2) is 0 Å². The Balaban J connectivity index is 2.86. The number of rotatable bonds is 5. The number of hydrogen-bond acceptors (Lipinski definition) is 2. The van der Waals surface area contributed by atoms with Crippen LogP contribution in [0.2, 0.25) is 0 Å². The van der Waals surface area contributed by atoms with E-state index < -0.39 is 0 Å². The number of nitrogens with one attached hydrogen (secondary N) is 1. The summed E-state index contributed by atoms with van der Waals surface area (Å²) in [5.41, 5.74) is 1.05. The fraction of sp³-hybridized carbons (Fsp3) is 0.462. The first-order chi connectivity index (χ1) is 7.15. The molecule has 0 amide bonds. The lowest BCUT2D eigenvalue weighted by atomic mass is 10.0. The second kappa shape index (κ2) is 5.66. The Hall–Kier alpha value is -1.15. The molecule has 1 aromatic carbocycles. The van der Waals surface area contributed by atoms with Gasteiger partial charge in [0.15, 0.2) is 5.78 Å². The van der Waals surface area contributed by atoms with Gasteiger partial charge in [0, 0.05) is 12.5 Å². The summed E-state index contributed by atoms with van der Waals surface area (Å²) in [7, 11) is 0. The maximum absolute atomic E-state index is 11.8. The number of carbonyl (C=O) groups excluding carboxylic acids is 1. The first-order valence-corrected chi connectivity index (χ1v) is 5.48. The van der Waals surface area contributed by atoms with E-state index in [2.05, 4.69) is 19.2 Å².